The quantitative estimate of drug-likeness (QED) is 0.903. The van der Waals surface area contributed by atoms with Crippen LogP contribution in [0, 0.1) is 5.82 Å². The van der Waals surface area contributed by atoms with Gasteiger partial charge in [-0.25, -0.2) is 4.39 Å². The van der Waals surface area contributed by atoms with E-state index in [0.29, 0.717) is 6.54 Å². The molecule has 0 radical (unpaired) electrons. The number of nitrogens with one attached hydrogen (secondary N) is 1. The molecule has 0 bridgehead atoms. The van der Waals surface area contributed by atoms with Crippen LogP contribution in [0.3, 0.4) is 0 Å². The molecule has 1 saturated carbocycles. The van der Waals surface area contributed by atoms with E-state index >= 15 is 0 Å². The molecule has 1 heterocycles. The van der Waals surface area contributed by atoms with Gasteiger partial charge in [-0.3, -0.25) is 4.90 Å². The topological polar surface area (TPSA) is 24.5 Å². The van der Waals surface area contributed by atoms with Gasteiger partial charge in [-0.05, 0) is 30.5 Å². The van der Waals surface area contributed by atoms with Crippen molar-refractivity contribution in [2.45, 2.75) is 31.5 Å². The normalized spacial score (nSPS) is 24.0. The molecule has 3 rings (SSSR count). The van der Waals surface area contributed by atoms with E-state index in [0.717, 1.165) is 37.8 Å². The van der Waals surface area contributed by atoms with E-state index in [2.05, 4.69) is 10.2 Å². The highest BCUT2D eigenvalue weighted by Gasteiger charge is 2.32. The summed E-state index contributed by atoms with van der Waals surface area (Å²) in [5, 5.41) is 3.51. The lowest BCUT2D eigenvalue weighted by atomic mass is 10.2. The lowest BCUT2D eigenvalue weighted by molar-refractivity contribution is -0.0301. The lowest BCUT2D eigenvalue weighted by Gasteiger charge is -2.33. The van der Waals surface area contributed by atoms with Crippen molar-refractivity contribution in [3.05, 3.63) is 34.6 Å². The number of hydrogen-bond donors (Lipinski definition) is 1. The maximum absolute atomic E-state index is 13.3. The van der Waals surface area contributed by atoms with E-state index in [9.17, 15) is 4.39 Å². The molecular weight excluding hydrogens is 279 g/mol. The molecule has 3 nitrogen and oxygen atoms in total. The number of ether oxygens (including phenoxy) is 1. The zero-order valence-corrected chi connectivity index (χ0v) is 12.2. The number of hydrogen-bond acceptors (Lipinski definition) is 3. The standard InChI is InChI=1S/C15H20ClFN2O/c16-14-4-1-11(7-15(14)17)8-18-9-13-10-19(5-6-20-13)12-2-3-12/h1,4,7,12-13,18H,2-3,5-6,8-10H2/t13-/m1/s1. The number of nitrogens with zero attached hydrogens (tertiary/aromatic N) is 1. The van der Waals surface area contributed by atoms with Crippen molar-refractivity contribution in [3.8, 4) is 0 Å². The van der Waals surface area contributed by atoms with E-state index < -0.39 is 0 Å². The third-order valence-electron chi connectivity index (χ3n) is 3.92. The van der Waals surface area contributed by atoms with E-state index in [4.69, 9.17) is 16.3 Å². The Morgan fingerprint density at radius 1 is 1.40 bits per heavy atom. The van der Waals surface area contributed by atoms with Gasteiger partial charge >= 0.3 is 0 Å². The molecule has 1 N–H and O–H groups in total. The number of morpholine rings is 1. The molecule has 2 fully saturated rings. The Morgan fingerprint density at radius 3 is 3.00 bits per heavy atom. The van der Waals surface area contributed by atoms with Crippen LogP contribution in [0.5, 0.6) is 0 Å². The van der Waals surface area contributed by atoms with Gasteiger partial charge in [0, 0.05) is 32.2 Å². The lowest BCUT2D eigenvalue weighted by Crippen LogP contribution is -2.47. The maximum Gasteiger partial charge on any atom is 0.142 e. The molecule has 1 atom stereocenters. The molecule has 2 aliphatic rings. The van der Waals surface area contributed by atoms with Gasteiger partial charge < -0.3 is 10.1 Å². The summed E-state index contributed by atoms with van der Waals surface area (Å²) in [6, 6.07) is 5.72. The van der Waals surface area contributed by atoms with Crippen molar-refractivity contribution >= 4 is 11.6 Å². The van der Waals surface area contributed by atoms with Crippen molar-refractivity contribution in [2.75, 3.05) is 26.2 Å². The molecule has 0 unspecified atom stereocenters. The summed E-state index contributed by atoms with van der Waals surface area (Å²) in [5.41, 5.74) is 0.904. The summed E-state index contributed by atoms with van der Waals surface area (Å²) in [5.74, 6) is -0.361. The minimum atomic E-state index is -0.361. The van der Waals surface area contributed by atoms with Crippen LogP contribution in [0.15, 0.2) is 18.2 Å². The van der Waals surface area contributed by atoms with Crippen molar-refractivity contribution in [1.82, 2.24) is 10.2 Å². The average molecular weight is 299 g/mol. The predicted molar refractivity (Wildman–Crippen MR) is 77.5 cm³/mol. The van der Waals surface area contributed by atoms with Gasteiger partial charge in [0.1, 0.15) is 5.82 Å². The summed E-state index contributed by atoms with van der Waals surface area (Å²) in [6.07, 6.45) is 2.91. The molecular formula is C15H20ClFN2O. The van der Waals surface area contributed by atoms with E-state index in [-0.39, 0.29) is 16.9 Å². The molecule has 1 aromatic rings. The van der Waals surface area contributed by atoms with Gasteiger partial charge in [0.15, 0.2) is 0 Å². The van der Waals surface area contributed by atoms with Crippen LogP contribution in [0.4, 0.5) is 4.39 Å². The average Bonchev–Trinajstić information content (AvgIpc) is 3.28. The van der Waals surface area contributed by atoms with Gasteiger partial charge in [-0.2, -0.15) is 0 Å². The van der Waals surface area contributed by atoms with Crippen LogP contribution in [0.25, 0.3) is 0 Å². The van der Waals surface area contributed by atoms with Crippen molar-refractivity contribution < 1.29 is 9.13 Å². The molecule has 110 valence electrons. The molecule has 1 aromatic carbocycles. The fourth-order valence-corrected chi connectivity index (χ4v) is 2.78. The minimum absolute atomic E-state index is 0.171. The van der Waals surface area contributed by atoms with Gasteiger partial charge in [0.2, 0.25) is 0 Å². The van der Waals surface area contributed by atoms with Crippen molar-refractivity contribution in [2.24, 2.45) is 0 Å². The third kappa shape index (κ3) is 3.70. The number of halogens is 2. The largest absolute Gasteiger partial charge is 0.374 e. The zero-order chi connectivity index (χ0) is 13.9. The fourth-order valence-electron chi connectivity index (χ4n) is 2.66. The predicted octanol–water partition coefficient (Wildman–Crippen LogP) is 2.43. The monoisotopic (exact) mass is 298 g/mol. The number of rotatable bonds is 5. The molecule has 20 heavy (non-hydrogen) atoms. The summed E-state index contributed by atoms with van der Waals surface area (Å²) < 4.78 is 19.1. The maximum atomic E-state index is 13.3. The first-order valence-electron chi connectivity index (χ1n) is 7.22. The van der Waals surface area contributed by atoms with Gasteiger partial charge in [-0.1, -0.05) is 17.7 Å². The summed E-state index contributed by atoms with van der Waals surface area (Å²) in [7, 11) is 0. The fraction of sp³-hybridized carbons (Fsp3) is 0.600. The van der Waals surface area contributed by atoms with Crippen molar-refractivity contribution in [3.63, 3.8) is 0 Å². The molecule has 1 aliphatic heterocycles. The first kappa shape index (κ1) is 14.3. The molecule has 0 spiro atoms. The van der Waals surface area contributed by atoms with Crippen molar-refractivity contribution in [1.29, 1.82) is 0 Å². The number of benzene rings is 1. The van der Waals surface area contributed by atoms with Crippen LogP contribution in [0.1, 0.15) is 18.4 Å². The Balaban J connectivity index is 1.43. The van der Waals surface area contributed by atoms with E-state index in [1.54, 1.807) is 6.07 Å². The molecule has 5 heteroatoms. The summed E-state index contributed by atoms with van der Waals surface area (Å²) in [6.45, 7) is 4.32. The minimum Gasteiger partial charge on any atom is -0.374 e. The Hall–Kier alpha value is -0.680. The van der Waals surface area contributed by atoms with Gasteiger partial charge in [0.25, 0.3) is 0 Å². The Morgan fingerprint density at radius 2 is 2.25 bits per heavy atom. The highest BCUT2D eigenvalue weighted by Crippen LogP contribution is 2.28. The van der Waals surface area contributed by atoms with E-state index in [1.165, 1.54) is 18.9 Å². The highest BCUT2D eigenvalue weighted by molar-refractivity contribution is 6.30. The summed E-state index contributed by atoms with van der Waals surface area (Å²) >= 11 is 5.67. The smallest absolute Gasteiger partial charge is 0.142 e. The second kappa shape index (κ2) is 6.39. The first-order chi connectivity index (χ1) is 9.72. The molecule has 1 saturated heterocycles. The van der Waals surface area contributed by atoms with Crippen LogP contribution in [0.2, 0.25) is 5.02 Å². The zero-order valence-electron chi connectivity index (χ0n) is 11.4. The molecule has 0 aromatic heterocycles. The molecule has 0 amide bonds. The van der Waals surface area contributed by atoms with Crippen LogP contribution >= 0.6 is 11.6 Å². The van der Waals surface area contributed by atoms with Crippen LogP contribution in [-0.4, -0.2) is 43.3 Å². The van der Waals surface area contributed by atoms with Crippen LogP contribution in [-0.2, 0) is 11.3 Å². The van der Waals surface area contributed by atoms with Crippen LogP contribution < -0.4 is 5.32 Å². The van der Waals surface area contributed by atoms with Gasteiger partial charge in [-0.15, -0.1) is 0 Å². The second-order valence-electron chi connectivity index (χ2n) is 5.60. The highest BCUT2D eigenvalue weighted by atomic mass is 35.5. The Bertz CT molecular complexity index is 467. The molecule has 1 aliphatic carbocycles. The third-order valence-corrected chi connectivity index (χ3v) is 4.23. The summed E-state index contributed by atoms with van der Waals surface area (Å²) in [4.78, 5) is 2.53. The Labute approximate surface area is 124 Å². The van der Waals surface area contributed by atoms with Gasteiger partial charge in [0.05, 0.1) is 17.7 Å². The first-order valence-corrected chi connectivity index (χ1v) is 7.60. The Kier molecular flexibility index (Phi) is 4.56. The second-order valence-corrected chi connectivity index (χ2v) is 6.01. The van der Waals surface area contributed by atoms with E-state index in [1.807, 2.05) is 6.07 Å². The SMILES string of the molecule is Fc1cc(CNC[C@@H]2CN(C3CC3)CCO2)ccc1Cl.